The summed E-state index contributed by atoms with van der Waals surface area (Å²) in [6.45, 7) is 6.30. The van der Waals surface area contributed by atoms with Gasteiger partial charge in [0, 0.05) is 164 Å². The summed E-state index contributed by atoms with van der Waals surface area (Å²) in [4.78, 5) is 128. The number of aliphatic hydroxyl groups excluding tert-OH is 1. The molecule has 0 spiro atoms. The summed E-state index contributed by atoms with van der Waals surface area (Å²) in [5.41, 5.74) is 21.2. The van der Waals surface area contributed by atoms with Crippen LogP contribution in [0.15, 0.2) is 232 Å². The first-order valence-electron chi connectivity index (χ1n) is 39.4. The summed E-state index contributed by atoms with van der Waals surface area (Å²) in [5, 5.41) is 45.5. The number of ether oxygens (including phenoxy) is 4. The lowest BCUT2D eigenvalue weighted by molar-refractivity contribution is -0.385. The number of methoxy groups -OCH3 is 3. The molecule has 4 aromatic heterocycles. The third-order valence-electron chi connectivity index (χ3n) is 19.6. The molecule has 18 rings (SSSR count). The lowest BCUT2D eigenvalue weighted by atomic mass is 10.1. The molecule has 0 bridgehead atoms. The molecule has 0 aliphatic carbocycles. The fraction of sp³-hybridized carbons (Fsp3) is 0.165. The van der Waals surface area contributed by atoms with E-state index in [4.69, 9.17) is 87.8 Å². The number of benzene rings is 9. The van der Waals surface area contributed by atoms with Crippen LogP contribution >= 0.6 is 73.9 Å². The third-order valence-corrected chi connectivity index (χ3v) is 21.2. The van der Waals surface area contributed by atoms with Gasteiger partial charge in [-0.25, -0.2) is 44.7 Å². The SMILES string of the molecule is CCOC(=O)c1ccc([N+](=O)[O-])cc1CBr.CO.COc1ccc(CN2Cc3cc(N)ccc3C2=O)cc1.COc1ccc(CN2Cc3cc(Nc4cc(Cl)ncn4)ccc3C2=O)cc1.COc1ccc(CN2Cc3cc([N+](=O)[O-])ccc3C2=O)cc1.Clc1cc(Cl)ncn1.O=C1NCc2cc(Nc3cc(Cl)ncn3)ccc21.O=C1NCc2cc(Nc3cc(Cl)ncn3)ccc21. The molecular formula is C91H81BrCl5N19O15. The molecule has 5 amide bonds. The van der Waals surface area contributed by atoms with Crippen LogP contribution < -0.4 is 46.5 Å². The van der Waals surface area contributed by atoms with Gasteiger partial charge in [-0.05, 0) is 178 Å². The molecule has 9 heterocycles. The van der Waals surface area contributed by atoms with E-state index in [0.29, 0.717) is 129 Å². The number of fused-ring (bicyclic) bond motifs is 5. The molecule has 0 unspecified atom stereocenters. The number of amides is 5. The molecule has 0 fully saturated rings. The van der Waals surface area contributed by atoms with Crippen molar-refractivity contribution in [2.75, 3.05) is 56.7 Å². The number of aliphatic hydroxyl groups is 1. The molecule has 9 aromatic carbocycles. The number of halogens is 6. The average Bonchev–Trinajstić information content (AvgIpc) is 1.66. The molecule has 8 N–H and O–H groups in total. The van der Waals surface area contributed by atoms with Crippen molar-refractivity contribution in [3.8, 4) is 17.2 Å². The van der Waals surface area contributed by atoms with Gasteiger partial charge in [-0.2, -0.15) is 0 Å². The second-order valence-corrected chi connectivity index (χ2v) is 30.7. The Morgan fingerprint density at radius 3 is 1.11 bits per heavy atom. The summed E-state index contributed by atoms with van der Waals surface area (Å²) >= 11 is 31.4. The van der Waals surface area contributed by atoms with Crippen LogP contribution in [0.3, 0.4) is 0 Å². The molecule has 40 heteroatoms. The largest absolute Gasteiger partial charge is 0.497 e. The maximum absolute atomic E-state index is 12.7. The number of alkyl halides is 1. The zero-order valence-electron chi connectivity index (χ0n) is 70.3. The number of nitro groups is 2. The molecule has 13 aromatic rings. The van der Waals surface area contributed by atoms with E-state index in [1.165, 1.54) is 67.8 Å². The fourth-order valence-electron chi connectivity index (χ4n) is 13.4. The van der Waals surface area contributed by atoms with Crippen LogP contribution in [0.4, 0.5) is 51.6 Å². The first-order chi connectivity index (χ1) is 63.2. The zero-order valence-corrected chi connectivity index (χ0v) is 75.7. The number of nitrogens with zero attached hydrogens (tertiary/aromatic N) is 13. The number of nitrogens with one attached hydrogen (secondary N) is 5. The summed E-state index contributed by atoms with van der Waals surface area (Å²) in [7, 11) is 5.87. The molecule has 34 nitrogen and oxygen atoms in total. The number of hydrogen-bond acceptors (Lipinski definition) is 27. The number of rotatable bonds is 20. The summed E-state index contributed by atoms with van der Waals surface area (Å²) in [6, 6.07) is 60.1. The quantitative estimate of drug-likeness (QED) is 0.00930. The smallest absolute Gasteiger partial charge is 0.338 e. The van der Waals surface area contributed by atoms with Crippen LogP contribution in [0.25, 0.3) is 0 Å². The van der Waals surface area contributed by atoms with Gasteiger partial charge in [0.15, 0.2) is 0 Å². The number of nitro benzene ring substituents is 2. The van der Waals surface area contributed by atoms with Crippen molar-refractivity contribution in [1.29, 1.82) is 0 Å². The van der Waals surface area contributed by atoms with Gasteiger partial charge >= 0.3 is 5.97 Å². The highest BCUT2D eigenvalue weighted by molar-refractivity contribution is 9.08. The average molecular weight is 1940 g/mol. The van der Waals surface area contributed by atoms with Crippen molar-refractivity contribution in [2.45, 2.75) is 64.6 Å². The number of carbonyl (C=O) groups is 6. The Hall–Kier alpha value is -14.6. The summed E-state index contributed by atoms with van der Waals surface area (Å²) < 4.78 is 20.2. The van der Waals surface area contributed by atoms with E-state index < -0.39 is 15.8 Å². The van der Waals surface area contributed by atoms with E-state index >= 15 is 0 Å². The first-order valence-corrected chi connectivity index (χ1v) is 42.4. The lowest BCUT2D eigenvalue weighted by Gasteiger charge is -2.15. The Kier molecular flexibility index (Phi) is 34.8. The van der Waals surface area contributed by atoms with Crippen molar-refractivity contribution in [2.24, 2.45) is 0 Å². The Balaban J connectivity index is 0.000000150. The first kappa shape index (κ1) is 97.0. The van der Waals surface area contributed by atoms with Crippen LogP contribution in [-0.4, -0.2) is 140 Å². The number of nitrogen functional groups attached to an aromatic ring is 1. The minimum atomic E-state index is -0.499. The minimum Gasteiger partial charge on any atom is -0.497 e. The number of aromatic nitrogens is 8. The zero-order chi connectivity index (χ0) is 93.8. The van der Waals surface area contributed by atoms with Gasteiger partial charge in [-0.3, -0.25) is 44.2 Å². The lowest BCUT2D eigenvalue weighted by Crippen LogP contribution is -2.23. The molecule has 0 atom stereocenters. The minimum absolute atomic E-state index is 0.0119. The molecule has 0 saturated carbocycles. The molecular weight excluding hydrogens is 1860 g/mol. The fourth-order valence-corrected chi connectivity index (χ4v) is 14.6. The number of esters is 1. The van der Waals surface area contributed by atoms with Crippen molar-refractivity contribution in [1.82, 2.24) is 65.2 Å². The Morgan fingerprint density at radius 2 is 0.763 bits per heavy atom. The van der Waals surface area contributed by atoms with Gasteiger partial charge in [0.25, 0.3) is 40.9 Å². The molecule has 5 aliphatic rings. The van der Waals surface area contributed by atoms with Gasteiger partial charge in [0.05, 0.1) is 43.3 Å². The second-order valence-electron chi connectivity index (χ2n) is 28.2. The highest BCUT2D eigenvalue weighted by atomic mass is 79.9. The Bertz CT molecular complexity index is 6190. The predicted octanol–water partition coefficient (Wildman–Crippen LogP) is 17.5. The van der Waals surface area contributed by atoms with Gasteiger partial charge in [-0.15, -0.1) is 0 Å². The number of anilines is 7. The second kappa shape index (κ2) is 46.9. The predicted molar refractivity (Wildman–Crippen MR) is 498 cm³/mol. The van der Waals surface area contributed by atoms with E-state index in [9.17, 15) is 49.0 Å². The maximum Gasteiger partial charge on any atom is 0.338 e. The molecule has 0 radical (unpaired) electrons. The third kappa shape index (κ3) is 27.0. The van der Waals surface area contributed by atoms with E-state index in [-0.39, 0.29) is 47.5 Å². The molecule has 5 aliphatic heterocycles. The van der Waals surface area contributed by atoms with E-state index in [2.05, 4.69) is 82.4 Å². The van der Waals surface area contributed by atoms with Crippen LogP contribution in [0.2, 0.25) is 25.8 Å². The van der Waals surface area contributed by atoms with E-state index in [1.54, 1.807) is 75.6 Å². The Morgan fingerprint density at radius 1 is 0.435 bits per heavy atom. The van der Waals surface area contributed by atoms with Crippen LogP contribution in [0.1, 0.15) is 119 Å². The summed E-state index contributed by atoms with van der Waals surface area (Å²) in [5.74, 6) is 3.71. The topological polar surface area (TPSA) is 445 Å². The van der Waals surface area contributed by atoms with Crippen LogP contribution in [0, 0.1) is 20.2 Å². The molecule has 131 heavy (non-hydrogen) atoms. The number of hydrogen-bond donors (Lipinski definition) is 7. The molecule has 0 saturated heterocycles. The van der Waals surface area contributed by atoms with Crippen molar-refractivity contribution in [3.05, 3.63) is 361 Å². The van der Waals surface area contributed by atoms with E-state index in [0.717, 1.165) is 103 Å². The van der Waals surface area contributed by atoms with Gasteiger partial charge in [0.1, 0.15) is 85.8 Å². The standard InChI is InChI=1S/C20H17ClN4O2.C16H14N2O4.C16H16N2O2.2C12H9ClN4O.C10H10BrNO4.C4H2Cl2N2.CH4O/c1-27-16-5-2-13(3-6-16)10-25-11-14-8-15(4-7-17(14)20(25)26)24-19-9-18(21)22-12-23-19;1-22-14-5-2-11(3-6-14)9-17-10-12-8-13(18(20)21)4-7-15(12)16(17)19;1-20-14-5-2-11(3-6-14)9-18-10-12-8-13(17)4-7-15(12)16(18)19;2*13-10-4-11(16-6-15-10)17-8-1-2-9-7(3-8)5-14-12(9)18;1-2-16-10(13)9-4-3-8(12(14)15)5-7(9)6-11;5-3-1-4(6)8-2-7-3;1-2/h2-9,12H,10-11H2,1H3,(H,22,23,24);2-8H,9-10H2,1H3;2-8H,9-10,17H2,1H3;2*1-4,6H,5H2,(H,14,18)(H,15,16,17);3-5H,2,6H2,1H3;1-2H;2H,1H3. The highest BCUT2D eigenvalue weighted by Gasteiger charge is 2.32. The van der Waals surface area contributed by atoms with Crippen molar-refractivity contribution >= 4 is 161 Å². The van der Waals surface area contributed by atoms with Crippen LogP contribution in [0.5, 0.6) is 17.2 Å². The van der Waals surface area contributed by atoms with Crippen LogP contribution in [-0.2, 0) is 62.4 Å². The van der Waals surface area contributed by atoms with Gasteiger partial charge in [0.2, 0.25) is 0 Å². The maximum atomic E-state index is 12.7. The van der Waals surface area contributed by atoms with E-state index in [1.807, 2.05) is 131 Å². The van der Waals surface area contributed by atoms with Gasteiger partial charge in [-0.1, -0.05) is 110 Å². The van der Waals surface area contributed by atoms with Crippen molar-refractivity contribution < 1.29 is 62.7 Å². The van der Waals surface area contributed by atoms with Gasteiger partial charge < -0.3 is 71.1 Å². The number of carbonyl (C=O) groups excluding carboxylic acids is 6. The monoisotopic (exact) mass is 1930 g/mol. The van der Waals surface area contributed by atoms with Crippen molar-refractivity contribution in [3.63, 3.8) is 0 Å². The molecule has 672 valence electrons. The summed E-state index contributed by atoms with van der Waals surface area (Å²) in [6.07, 6.45) is 5.50. The normalized spacial score (nSPS) is 12.3. The Labute approximate surface area is 783 Å². The highest BCUT2D eigenvalue weighted by Crippen LogP contribution is 2.34. The number of nitrogens with two attached hydrogens (primary N) is 1. The number of non-ortho nitro benzene ring substituents is 2.